The van der Waals surface area contributed by atoms with Crippen LogP contribution < -0.4 is 11.1 Å². The van der Waals surface area contributed by atoms with Gasteiger partial charge in [-0.25, -0.2) is 0 Å². The van der Waals surface area contributed by atoms with E-state index >= 15 is 0 Å². The number of primary amides is 1. The van der Waals surface area contributed by atoms with E-state index in [2.05, 4.69) is 5.32 Å². The Labute approximate surface area is 96.9 Å². The lowest BCUT2D eigenvalue weighted by atomic mass is 9.95. The lowest BCUT2D eigenvalue weighted by Gasteiger charge is -2.30. The molecule has 0 aliphatic heterocycles. The average molecular weight is 226 g/mol. The van der Waals surface area contributed by atoms with Gasteiger partial charge in [0.1, 0.15) is 5.54 Å². The fourth-order valence-corrected chi connectivity index (χ4v) is 2.71. The standard InChI is InChI=1S/C12H22N2O2/c1-2-14-12(11(13)15)7-6-10(8-12)16-9-4-3-5-9/h9-10,14H,2-8H2,1H3,(H2,13,15). The predicted octanol–water partition coefficient (Wildman–Crippen LogP) is 0.942. The molecule has 2 rings (SSSR count). The second kappa shape index (κ2) is 4.72. The molecule has 2 aliphatic rings. The first kappa shape index (κ1) is 11.9. The van der Waals surface area contributed by atoms with Crippen LogP contribution >= 0.6 is 0 Å². The van der Waals surface area contributed by atoms with Gasteiger partial charge in [-0.15, -0.1) is 0 Å². The van der Waals surface area contributed by atoms with E-state index in [1.54, 1.807) is 0 Å². The zero-order valence-corrected chi connectivity index (χ0v) is 10.00. The van der Waals surface area contributed by atoms with Gasteiger partial charge in [0, 0.05) is 6.42 Å². The van der Waals surface area contributed by atoms with Crippen LogP contribution in [0.3, 0.4) is 0 Å². The van der Waals surface area contributed by atoms with Crippen molar-refractivity contribution in [1.82, 2.24) is 5.32 Å². The van der Waals surface area contributed by atoms with Gasteiger partial charge in [-0.1, -0.05) is 6.92 Å². The molecule has 0 saturated heterocycles. The van der Waals surface area contributed by atoms with Crippen molar-refractivity contribution in [3.63, 3.8) is 0 Å². The number of carbonyl (C=O) groups is 1. The summed E-state index contributed by atoms with van der Waals surface area (Å²) in [6.45, 7) is 2.78. The summed E-state index contributed by atoms with van der Waals surface area (Å²) in [6.07, 6.45) is 6.81. The Morgan fingerprint density at radius 1 is 1.44 bits per heavy atom. The monoisotopic (exact) mass is 226 g/mol. The van der Waals surface area contributed by atoms with E-state index in [0.29, 0.717) is 6.10 Å². The Balaban J connectivity index is 1.89. The Morgan fingerprint density at radius 2 is 2.19 bits per heavy atom. The van der Waals surface area contributed by atoms with E-state index in [1.807, 2.05) is 6.92 Å². The van der Waals surface area contributed by atoms with Crippen LogP contribution in [0.15, 0.2) is 0 Å². The van der Waals surface area contributed by atoms with Crippen LogP contribution in [0.4, 0.5) is 0 Å². The highest BCUT2D eigenvalue weighted by molar-refractivity contribution is 5.85. The molecule has 0 aromatic rings. The Bertz CT molecular complexity index is 266. The number of likely N-dealkylation sites (N-methyl/N-ethyl adjacent to an activating group) is 1. The average Bonchev–Trinajstić information content (AvgIpc) is 2.57. The summed E-state index contributed by atoms with van der Waals surface area (Å²) in [5, 5.41) is 3.24. The van der Waals surface area contributed by atoms with Crippen molar-refractivity contribution in [2.75, 3.05) is 6.54 Å². The van der Waals surface area contributed by atoms with Crippen molar-refractivity contribution >= 4 is 5.91 Å². The minimum Gasteiger partial charge on any atom is -0.375 e. The van der Waals surface area contributed by atoms with E-state index in [1.165, 1.54) is 19.3 Å². The Kier molecular flexibility index (Phi) is 3.50. The first-order chi connectivity index (χ1) is 7.66. The largest absolute Gasteiger partial charge is 0.375 e. The van der Waals surface area contributed by atoms with Crippen molar-refractivity contribution in [3.05, 3.63) is 0 Å². The van der Waals surface area contributed by atoms with Gasteiger partial charge < -0.3 is 15.8 Å². The third kappa shape index (κ3) is 2.23. The molecule has 2 atom stereocenters. The number of hydrogen-bond acceptors (Lipinski definition) is 3. The minimum atomic E-state index is -0.511. The second-order valence-electron chi connectivity index (χ2n) is 5.03. The molecule has 4 nitrogen and oxygen atoms in total. The summed E-state index contributed by atoms with van der Waals surface area (Å²) < 4.78 is 5.95. The Morgan fingerprint density at radius 3 is 2.69 bits per heavy atom. The topological polar surface area (TPSA) is 64.3 Å². The zero-order chi connectivity index (χ0) is 11.6. The van der Waals surface area contributed by atoms with Crippen LogP contribution in [-0.4, -0.2) is 30.2 Å². The molecule has 92 valence electrons. The molecule has 0 aromatic carbocycles. The molecule has 0 spiro atoms. The minimum absolute atomic E-state index is 0.219. The molecular formula is C12H22N2O2. The highest BCUT2D eigenvalue weighted by Crippen LogP contribution is 2.35. The van der Waals surface area contributed by atoms with Crippen molar-refractivity contribution in [2.45, 2.75) is 63.2 Å². The number of hydrogen-bond donors (Lipinski definition) is 2. The molecular weight excluding hydrogens is 204 g/mol. The molecule has 2 saturated carbocycles. The van der Waals surface area contributed by atoms with Crippen LogP contribution in [-0.2, 0) is 9.53 Å². The summed E-state index contributed by atoms with van der Waals surface area (Å²) in [6, 6.07) is 0. The second-order valence-corrected chi connectivity index (χ2v) is 5.03. The molecule has 2 unspecified atom stereocenters. The van der Waals surface area contributed by atoms with Gasteiger partial charge in [0.15, 0.2) is 0 Å². The maximum absolute atomic E-state index is 11.5. The maximum atomic E-state index is 11.5. The van der Waals surface area contributed by atoms with Crippen LogP contribution in [0.1, 0.15) is 45.4 Å². The first-order valence-corrected chi connectivity index (χ1v) is 6.36. The van der Waals surface area contributed by atoms with Crippen molar-refractivity contribution in [2.24, 2.45) is 5.73 Å². The Hall–Kier alpha value is -0.610. The van der Waals surface area contributed by atoms with Gasteiger partial charge in [-0.05, 0) is 38.6 Å². The van der Waals surface area contributed by atoms with Crippen molar-refractivity contribution in [1.29, 1.82) is 0 Å². The first-order valence-electron chi connectivity index (χ1n) is 6.36. The fraction of sp³-hybridized carbons (Fsp3) is 0.917. The molecule has 0 bridgehead atoms. The number of amides is 1. The molecule has 2 fully saturated rings. The van der Waals surface area contributed by atoms with Gasteiger partial charge in [0.2, 0.25) is 5.91 Å². The smallest absolute Gasteiger partial charge is 0.237 e. The van der Waals surface area contributed by atoms with E-state index in [4.69, 9.17) is 10.5 Å². The number of nitrogens with one attached hydrogen (secondary N) is 1. The molecule has 3 N–H and O–H groups in total. The number of nitrogens with two attached hydrogens (primary N) is 1. The molecule has 0 heterocycles. The normalized spacial score (nSPS) is 34.9. The van der Waals surface area contributed by atoms with E-state index < -0.39 is 5.54 Å². The van der Waals surface area contributed by atoms with E-state index in [0.717, 1.165) is 25.8 Å². The summed E-state index contributed by atoms with van der Waals surface area (Å²) >= 11 is 0. The third-order valence-corrected chi connectivity index (χ3v) is 3.89. The lowest BCUT2D eigenvalue weighted by Crippen LogP contribution is -2.54. The van der Waals surface area contributed by atoms with E-state index in [-0.39, 0.29) is 12.0 Å². The highest BCUT2D eigenvalue weighted by atomic mass is 16.5. The SMILES string of the molecule is CCNC1(C(N)=O)CCC(OC2CCC2)C1. The van der Waals surface area contributed by atoms with Gasteiger partial charge in [-0.2, -0.15) is 0 Å². The molecule has 0 aromatic heterocycles. The highest BCUT2D eigenvalue weighted by Gasteiger charge is 2.44. The van der Waals surface area contributed by atoms with Crippen LogP contribution in [0.2, 0.25) is 0 Å². The fourth-order valence-electron chi connectivity index (χ4n) is 2.71. The van der Waals surface area contributed by atoms with E-state index in [9.17, 15) is 4.79 Å². The maximum Gasteiger partial charge on any atom is 0.237 e. The summed E-state index contributed by atoms with van der Waals surface area (Å²) in [5.74, 6) is -0.228. The summed E-state index contributed by atoms with van der Waals surface area (Å²) in [5.41, 5.74) is 4.99. The number of ether oxygens (including phenoxy) is 1. The van der Waals surface area contributed by atoms with Crippen LogP contribution in [0.5, 0.6) is 0 Å². The van der Waals surface area contributed by atoms with Gasteiger partial charge in [0.25, 0.3) is 0 Å². The van der Waals surface area contributed by atoms with Crippen molar-refractivity contribution < 1.29 is 9.53 Å². The van der Waals surface area contributed by atoms with Crippen LogP contribution in [0, 0.1) is 0 Å². The van der Waals surface area contributed by atoms with Gasteiger partial charge in [0.05, 0.1) is 12.2 Å². The van der Waals surface area contributed by atoms with Crippen LogP contribution in [0.25, 0.3) is 0 Å². The van der Waals surface area contributed by atoms with Gasteiger partial charge >= 0.3 is 0 Å². The number of carbonyl (C=O) groups excluding carboxylic acids is 1. The molecule has 4 heteroatoms. The molecule has 2 aliphatic carbocycles. The molecule has 16 heavy (non-hydrogen) atoms. The zero-order valence-electron chi connectivity index (χ0n) is 10.00. The summed E-state index contributed by atoms with van der Waals surface area (Å²) in [7, 11) is 0. The molecule has 1 amide bonds. The lowest BCUT2D eigenvalue weighted by molar-refractivity contribution is -0.125. The molecule has 0 radical (unpaired) electrons. The quantitative estimate of drug-likeness (QED) is 0.733. The van der Waals surface area contributed by atoms with Gasteiger partial charge in [-0.3, -0.25) is 4.79 Å². The predicted molar refractivity (Wildman–Crippen MR) is 62.0 cm³/mol. The number of rotatable bonds is 5. The third-order valence-electron chi connectivity index (χ3n) is 3.89. The van der Waals surface area contributed by atoms with Crippen molar-refractivity contribution in [3.8, 4) is 0 Å². The summed E-state index contributed by atoms with van der Waals surface area (Å²) in [4.78, 5) is 11.5.